The molecule has 6 N–H and O–H groups in total. The maximum absolute atomic E-state index is 12.7. The lowest BCUT2D eigenvalue weighted by molar-refractivity contribution is -0.0471. The number of hydrogen-bond acceptors (Lipinski definition) is 11. The molecule has 1 amide bonds. The minimum absolute atomic E-state index is 0.162. The van der Waals surface area contributed by atoms with Crippen molar-refractivity contribution < 1.29 is 37.5 Å². The average molecular weight is 489 g/mol. The summed E-state index contributed by atoms with van der Waals surface area (Å²) in [5.74, 6) is -1.40. The molecule has 3 aromatic rings. The molecule has 1 fully saturated rings. The van der Waals surface area contributed by atoms with Crippen LogP contribution in [-0.4, -0.2) is 69.1 Å². The Morgan fingerprint density at radius 2 is 1.97 bits per heavy atom. The molecular formula is C20H19N5O8S. The summed E-state index contributed by atoms with van der Waals surface area (Å²) in [7, 11) is -4.65. The molecule has 1 aromatic carbocycles. The molecule has 0 radical (unpaired) electrons. The summed E-state index contributed by atoms with van der Waals surface area (Å²) >= 11 is 0. The Kier molecular flexibility index (Phi) is 5.26. The zero-order valence-electron chi connectivity index (χ0n) is 17.3. The van der Waals surface area contributed by atoms with Crippen LogP contribution in [-0.2, 0) is 19.2 Å². The largest absolute Gasteiger partial charge is 0.507 e. The van der Waals surface area contributed by atoms with Crippen LogP contribution in [0.1, 0.15) is 28.0 Å². The van der Waals surface area contributed by atoms with Gasteiger partial charge in [0.25, 0.3) is 5.91 Å². The Morgan fingerprint density at radius 1 is 1.18 bits per heavy atom. The first-order valence-electron chi connectivity index (χ1n) is 10.0. The number of aromatic hydroxyl groups is 1. The van der Waals surface area contributed by atoms with Gasteiger partial charge in [-0.25, -0.2) is 14.7 Å². The van der Waals surface area contributed by atoms with Crippen LogP contribution in [0.3, 0.4) is 0 Å². The van der Waals surface area contributed by atoms with Crippen LogP contribution in [0.2, 0.25) is 0 Å². The normalized spacial score (nSPS) is 27.4. The van der Waals surface area contributed by atoms with Crippen molar-refractivity contribution in [1.29, 1.82) is 0 Å². The molecule has 1 saturated heterocycles. The first-order chi connectivity index (χ1) is 16.2. The number of aromatic nitrogens is 3. The number of fused-ring (bicyclic) bond motifs is 7. The third-order valence-corrected chi connectivity index (χ3v) is 6.43. The first-order valence-corrected chi connectivity index (χ1v) is 11.4. The molecule has 14 heteroatoms. The molecule has 0 spiro atoms. The average Bonchev–Trinajstić information content (AvgIpc) is 3.28. The molecule has 4 atom stereocenters. The lowest BCUT2D eigenvalue weighted by Gasteiger charge is -2.19. The number of anilines is 1. The minimum atomic E-state index is -4.65. The Labute approximate surface area is 192 Å². The quantitative estimate of drug-likeness (QED) is 0.273. The van der Waals surface area contributed by atoms with E-state index >= 15 is 0 Å². The predicted octanol–water partition coefficient (Wildman–Crippen LogP) is -0.487. The summed E-state index contributed by atoms with van der Waals surface area (Å²) < 4.78 is 38.3. The third kappa shape index (κ3) is 3.66. The molecule has 2 aliphatic heterocycles. The summed E-state index contributed by atoms with van der Waals surface area (Å²) in [5.41, 5.74) is 6.72. The van der Waals surface area contributed by atoms with Crippen LogP contribution >= 0.6 is 0 Å². The number of rotatable bonds is 0. The van der Waals surface area contributed by atoms with E-state index in [9.17, 15) is 28.5 Å². The predicted molar refractivity (Wildman–Crippen MR) is 117 cm³/mol. The zero-order valence-corrected chi connectivity index (χ0v) is 18.1. The number of phenolic OH excluding ortho intramolecular Hbond substituents is 1. The summed E-state index contributed by atoms with van der Waals surface area (Å²) in [6.07, 6.45) is -1.21. The van der Waals surface area contributed by atoms with Gasteiger partial charge in [0.1, 0.15) is 35.4 Å². The third-order valence-electron chi connectivity index (χ3n) is 5.55. The molecule has 0 unspecified atom stereocenters. The number of hydrogen-bond donors (Lipinski definition) is 5. The van der Waals surface area contributed by atoms with Crippen molar-refractivity contribution in [3.05, 3.63) is 47.4 Å². The van der Waals surface area contributed by atoms with Gasteiger partial charge in [0.15, 0.2) is 11.9 Å². The fourth-order valence-corrected chi connectivity index (χ4v) is 4.63. The molecule has 2 aromatic heterocycles. The number of carbonyl (C=O) groups excluding carboxylic acids is 1. The smallest absolute Gasteiger partial charge is 0.362 e. The number of ether oxygens (including phenoxy) is 1. The number of pyridine rings is 1. The van der Waals surface area contributed by atoms with Gasteiger partial charge in [0.05, 0.1) is 17.9 Å². The van der Waals surface area contributed by atoms with E-state index in [1.165, 1.54) is 47.2 Å². The summed E-state index contributed by atoms with van der Waals surface area (Å²) in [5, 5.41) is 31.4. The Hall–Kier alpha value is -3.56. The van der Waals surface area contributed by atoms with Gasteiger partial charge in [-0.15, -0.1) is 0 Å². The number of nitrogens with two attached hydrogens (primary N) is 1. The van der Waals surface area contributed by atoms with Crippen molar-refractivity contribution in [2.24, 2.45) is 0 Å². The van der Waals surface area contributed by atoms with Gasteiger partial charge in [-0.05, 0) is 23.8 Å². The number of benzene rings is 1. The molecule has 4 heterocycles. The van der Waals surface area contributed by atoms with Gasteiger partial charge in [-0.1, -0.05) is 18.2 Å². The summed E-state index contributed by atoms with van der Waals surface area (Å²) in [6, 6.07) is 5.71. The fourth-order valence-electron chi connectivity index (χ4n) is 3.93. The van der Waals surface area contributed by atoms with Gasteiger partial charge in [0.2, 0.25) is 0 Å². The molecule has 0 aliphatic carbocycles. The van der Waals surface area contributed by atoms with Gasteiger partial charge in [-0.2, -0.15) is 8.42 Å². The number of aliphatic hydroxyl groups excluding tert-OH is 2. The maximum atomic E-state index is 12.7. The number of nitrogens with zero attached hydrogens (tertiary/aromatic N) is 3. The van der Waals surface area contributed by atoms with E-state index in [4.69, 9.17) is 14.7 Å². The van der Waals surface area contributed by atoms with E-state index in [-0.39, 0.29) is 22.6 Å². The second kappa shape index (κ2) is 8.03. The number of nitrogen functional groups attached to an aromatic ring is 1. The Balaban J connectivity index is 1.74. The molecule has 0 saturated carbocycles. The second-order valence-corrected chi connectivity index (χ2v) is 9.05. The van der Waals surface area contributed by atoms with E-state index in [1.807, 2.05) is 0 Å². The van der Waals surface area contributed by atoms with Crippen LogP contribution in [0.15, 0.2) is 30.5 Å². The van der Waals surface area contributed by atoms with Crippen molar-refractivity contribution >= 4 is 45.2 Å². The van der Waals surface area contributed by atoms with E-state index in [2.05, 4.69) is 9.97 Å². The molecule has 178 valence electrons. The highest BCUT2D eigenvalue weighted by Gasteiger charge is 2.46. The minimum Gasteiger partial charge on any atom is -0.507 e. The Morgan fingerprint density at radius 3 is 2.76 bits per heavy atom. The number of carbonyl (C=O) groups is 1. The van der Waals surface area contributed by atoms with Crippen LogP contribution in [0.25, 0.3) is 23.3 Å². The van der Waals surface area contributed by atoms with E-state index in [1.54, 1.807) is 4.72 Å². The van der Waals surface area contributed by atoms with Crippen LogP contribution in [0.5, 0.6) is 5.75 Å². The SMILES string of the molecule is Nc1ccnc2c1nc1n2[C@@H]2O[C@H](COS(=O)(=O)NC(=O)c3c(O)cccc3/C=C/1)[C@@H](O)[C@H]2O. The number of nitrogens with one attached hydrogen (secondary N) is 1. The number of phenols is 1. The van der Waals surface area contributed by atoms with Crippen LogP contribution in [0, 0.1) is 0 Å². The van der Waals surface area contributed by atoms with Crippen molar-refractivity contribution in [2.45, 2.75) is 24.5 Å². The fraction of sp³-hybridized carbons (Fsp3) is 0.250. The molecule has 2 bridgehead atoms. The highest BCUT2D eigenvalue weighted by Crippen LogP contribution is 2.35. The van der Waals surface area contributed by atoms with Crippen molar-refractivity contribution in [3.8, 4) is 5.75 Å². The maximum Gasteiger partial charge on any atom is 0.362 e. The van der Waals surface area contributed by atoms with Crippen molar-refractivity contribution in [1.82, 2.24) is 19.3 Å². The van der Waals surface area contributed by atoms with E-state index < -0.39 is 53.1 Å². The topological polar surface area (TPSA) is 199 Å². The molecule has 2 aliphatic rings. The number of amides is 1. The second-order valence-electron chi connectivity index (χ2n) is 7.70. The summed E-state index contributed by atoms with van der Waals surface area (Å²) in [6.45, 7) is -0.710. The van der Waals surface area contributed by atoms with Gasteiger partial charge < -0.3 is 25.8 Å². The summed E-state index contributed by atoms with van der Waals surface area (Å²) in [4.78, 5) is 21.4. The van der Waals surface area contributed by atoms with Crippen molar-refractivity contribution in [3.63, 3.8) is 0 Å². The highest BCUT2D eigenvalue weighted by atomic mass is 32.2. The Bertz CT molecular complexity index is 1440. The molecule has 34 heavy (non-hydrogen) atoms. The molecule has 13 nitrogen and oxygen atoms in total. The van der Waals surface area contributed by atoms with Crippen LogP contribution < -0.4 is 10.5 Å². The number of aliphatic hydroxyl groups is 2. The highest BCUT2D eigenvalue weighted by molar-refractivity contribution is 7.85. The lowest BCUT2D eigenvalue weighted by atomic mass is 10.1. The van der Waals surface area contributed by atoms with Gasteiger partial charge >= 0.3 is 10.3 Å². The van der Waals surface area contributed by atoms with E-state index in [0.29, 0.717) is 11.2 Å². The molecular weight excluding hydrogens is 470 g/mol. The monoisotopic (exact) mass is 489 g/mol. The first kappa shape index (κ1) is 22.2. The molecule has 5 rings (SSSR count). The standard InChI is InChI=1S/C20H19N5O8S/c21-10-6-7-22-18-15(10)23-13-5-4-9-2-1-3-11(26)14(9)19(29)24-34(30,31)32-8-12-16(27)17(28)20(33-12)25(13)18/h1-7,12,16-17,20,26-28H,8H2,(H2,21,22)(H,24,29)/b5-4+/t12-,16-,17-,20-/m1/s1. The lowest BCUT2D eigenvalue weighted by Crippen LogP contribution is -2.38. The van der Waals surface area contributed by atoms with Crippen LogP contribution in [0.4, 0.5) is 5.69 Å². The van der Waals surface area contributed by atoms with Gasteiger partial charge in [0, 0.05) is 6.20 Å². The van der Waals surface area contributed by atoms with Crippen molar-refractivity contribution in [2.75, 3.05) is 12.3 Å². The van der Waals surface area contributed by atoms with E-state index in [0.717, 1.165) is 0 Å². The number of imidazole rings is 1. The van der Waals surface area contributed by atoms with Gasteiger partial charge in [-0.3, -0.25) is 13.5 Å². The zero-order chi connectivity index (χ0) is 24.2.